The summed E-state index contributed by atoms with van der Waals surface area (Å²) in [6.07, 6.45) is 0. The van der Waals surface area contributed by atoms with Gasteiger partial charge in [0.25, 0.3) is 0 Å². The molecule has 0 fully saturated rings. The Morgan fingerprint density at radius 1 is 0.268 bits per heavy atom. The van der Waals surface area contributed by atoms with Crippen LogP contribution in [0.3, 0.4) is 0 Å². The van der Waals surface area contributed by atoms with Crippen molar-refractivity contribution in [1.29, 1.82) is 0 Å². The molecule has 0 radical (unpaired) electrons. The molecule has 0 amide bonds. The van der Waals surface area contributed by atoms with Crippen LogP contribution < -0.4 is 0 Å². The minimum atomic E-state index is 1.05. The van der Waals surface area contributed by atoms with Gasteiger partial charge in [0.15, 0.2) is 0 Å². The summed E-state index contributed by atoms with van der Waals surface area (Å²) >= 11 is 3.49. The molecule has 4 heteroatoms. The molecule has 0 aliphatic carbocycles. The second-order valence-corrected chi connectivity index (χ2v) is 16.6. The maximum Gasteiger partial charge on any atom is 0.124 e. The summed E-state index contributed by atoms with van der Waals surface area (Å²) in [6, 6.07) is 66.5. The fourth-order valence-electron chi connectivity index (χ4n) is 8.63. The molecule has 0 spiro atoms. The number of thiazole rings is 2. The maximum absolute atomic E-state index is 4.91. The highest BCUT2D eigenvalue weighted by atomic mass is 32.1. The van der Waals surface area contributed by atoms with Gasteiger partial charge in [0.2, 0.25) is 0 Å². The highest BCUT2D eigenvalue weighted by Gasteiger charge is 2.18. The quantitative estimate of drug-likeness (QED) is 0.168. The third-order valence-electron chi connectivity index (χ3n) is 11.3. The van der Waals surface area contributed by atoms with Crippen molar-refractivity contribution in [3.63, 3.8) is 0 Å². The maximum atomic E-state index is 4.91. The minimum absolute atomic E-state index is 1.05. The van der Waals surface area contributed by atoms with E-state index in [-0.39, 0.29) is 0 Å². The minimum Gasteiger partial charge on any atom is -0.236 e. The van der Waals surface area contributed by atoms with Gasteiger partial charge < -0.3 is 0 Å². The first-order chi connectivity index (χ1) is 27.7. The molecule has 0 saturated heterocycles. The second kappa shape index (κ2) is 12.4. The van der Waals surface area contributed by atoms with E-state index < -0.39 is 0 Å². The predicted molar refractivity (Wildman–Crippen MR) is 242 cm³/mol. The van der Waals surface area contributed by atoms with Crippen LogP contribution in [0.1, 0.15) is 0 Å². The van der Waals surface area contributed by atoms with E-state index in [0.717, 1.165) is 32.2 Å². The Labute approximate surface area is 330 Å². The molecule has 0 aliphatic rings. The molecular formula is C52H30N2S2. The lowest BCUT2D eigenvalue weighted by atomic mass is 9.85. The summed E-state index contributed by atoms with van der Waals surface area (Å²) < 4.78 is 2.43. The molecular weight excluding hydrogens is 717 g/mol. The van der Waals surface area contributed by atoms with Gasteiger partial charge >= 0.3 is 0 Å². The van der Waals surface area contributed by atoms with Crippen LogP contribution in [-0.4, -0.2) is 9.97 Å². The van der Waals surface area contributed by atoms with E-state index in [9.17, 15) is 0 Å². The van der Waals surface area contributed by atoms with Crippen molar-refractivity contribution in [2.45, 2.75) is 0 Å². The van der Waals surface area contributed by atoms with Gasteiger partial charge in [-0.2, -0.15) is 0 Å². The van der Waals surface area contributed by atoms with Crippen molar-refractivity contribution in [2.24, 2.45) is 0 Å². The van der Waals surface area contributed by atoms with E-state index in [1.807, 2.05) is 0 Å². The van der Waals surface area contributed by atoms with E-state index in [2.05, 4.69) is 182 Å². The number of hydrogen-bond acceptors (Lipinski definition) is 4. The third-order valence-corrected chi connectivity index (χ3v) is 13.5. The Hall–Kier alpha value is -6.72. The van der Waals surface area contributed by atoms with Crippen LogP contribution in [0.25, 0.3) is 118 Å². The van der Waals surface area contributed by atoms with Crippen LogP contribution in [0.2, 0.25) is 0 Å². The Kier molecular flexibility index (Phi) is 7.00. The van der Waals surface area contributed by atoms with Crippen molar-refractivity contribution < 1.29 is 0 Å². The molecule has 0 N–H and O–H groups in total. The molecule has 10 aromatic carbocycles. The molecule has 260 valence electrons. The van der Waals surface area contributed by atoms with Crippen molar-refractivity contribution >= 4 is 97.0 Å². The molecule has 0 bridgehead atoms. The Balaban J connectivity index is 1.05. The molecule has 12 aromatic rings. The van der Waals surface area contributed by atoms with E-state index >= 15 is 0 Å². The highest BCUT2D eigenvalue weighted by molar-refractivity contribution is 7.22. The zero-order valence-electron chi connectivity index (χ0n) is 30.0. The Bertz CT molecular complexity index is 3220. The second-order valence-electron chi connectivity index (χ2n) is 14.5. The molecule has 56 heavy (non-hydrogen) atoms. The molecule has 0 unspecified atom stereocenters. The first-order valence-electron chi connectivity index (χ1n) is 18.9. The van der Waals surface area contributed by atoms with E-state index in [1.54, 1.807) is 22.7 Å². The lowest BCUT2D eigenvalue weighted by Gasteiger charge is -2.18. The summed E-state index contributed by atoms with van der Waals surface area (Å²) in [5.41, 5.74) is 9.19. The van der Waals surface area contributed by atoms with Gasteiger partial charge in [-0.15, -0.1) is 22.7 Å². The molecule has 0 atom stereocenters. The topological polar surface area (TPSA) is 25.8 Å². The molecule has 0 saturated carbocycles. The first kappa shape index (κ1) is 31.6. The van der Waals surface area contributed by atoms with Crippen molar-refractivity contribution in [2.75, 3.05) is 0 Å². The highest BCUT2D eigenvalue weighted by Crippen LogP contribution is 2.46. The van der Waals surface area contributed by atoms with Gasteiger partial charge in [-0.25, -0.2) is 9.97 Å². The fraction of sp³-hybridized carbons (Fsp3) is 0. The van der Waals surface area contributed by atoms with Crippen LogP contribution in [0, 0.1) is 0 Å². The monoisotopic (exact) mass is 746 g/mol. The summed E-state index contributed by atoms with van der Waals surface area (Å²) in [5, 5.41) is 14.9. The molecule has 2 heterocycles. The Morgan fingerprint density at radius 3 is 1.04 bits per heavy atom. The number of fused-ring (bicyclic) bond motifs is 13. The average Bonchev–Trinajstić information content (AvgIpc) is 3.91. The fourth-order valence-corrected chi connectivity index (χ4v) is 10.6. The number of aromatic nitrogens is 2. The van der Waals surface area contributed by atoms with Crippen LogP contribution in [0.4, 0.5) is 0 Å². The number of nitrogens with zero attached hydrogens (tertiary/aromatic N) is 2. The van der Waals surface area contributed by atoms with Crippen molar-refractivity contribution in [3.05, 3.63) is 182 Å². The summed E-state index contributed by atoms with van der Waals surface area (Å²) in [7, 11) is 0. The number of benzene rings is 10. The van der Waals surface area contributed by atoms with Crippen LogP contribution in [0.15, 0.2) is 182 Å². The standard InChI is InChI=1S/C52H30N2S2/c1-3-11-41-37(9-1)38-10-2-4-12-42(38)50-44-30-36(32-19-23-34(24-20-32)52-54-46-14-6-8-16-48(46)56-52)26-28-40(44)39-27-25-35(29-43(39)49(41)50)31-17-21-33(22-18-31)51-53-45-13-5-7-15-47(45)55-51/h1-30H. The molecule has 12 rings (SSSR count). The molecule has 2 aromatic heterocycles. The average molecular weight is 747 g/mol. The predicted octanol–water partition coefficient (Wildman–Crippen LogP) is 15.3. The first-order valence-corrected chi connectivity index (χ1v) is 20.5. The van der Waals surface area contributed by atoms with Gasteiger partial charge in [-0.05, 0) is 113 Å². The molecule has 0 aliphatic heterocycles. The zero-order chi connectivity index (χ0) is 36.7. The lowest BCUT2D eigenvalue weighted by molar-refractivity contribution is 1.48. The normalized spacial score (nSPS) is 11.9. The lowest BCUT2D eigenvalue weighted by Crippen LogP contribution is -1.90. The van der Waals surface area contributed by atoms with E-state index in [1.165, 1.54) is 85.5 Å². The summed E-state index contributed by atoms with van der Waals surface area (Å²) in [6.45, 7) is 0. The summed E-state index contributed by atoms with van der Waals surface area (Å²) in [5.74, 6) is 0. The Morgan fingerprint density at radius 2 is 0.607 bits per heavy atom. The molecule has 2 nitrogen and oxygen atoms in total. The van der Waals surface area contributed by atoms with Gasteiger partial charge in [0, 0.05) is 11.1 Å². The third kappa shape index (κ3) is 4.93. The number of hydrogen-bond donors (Lipinski definition) is 0. The number of para-hydroxylation sites is 2. The van der Waals surface area contributed by atoms with Gasteiger partial charge in [0.1, 0.15) is 10.0 Å². The number of rotatable bonds is 4. The van der Waals surface area contributed by atoms with Gasteiger partial charge in [-0.1, -0.05) is 146 Å². The van der Waals surface area contributed by atoms with Gasteiger partial charge in [0.05, 0.1) is 20.4 Å². The van der Waals surface area contributed by atoms with E-state index in [4.69, 9.17) is 9.97 Å². The smallest absolute Gasteiger partial charge is 0.124 e. The van der Waals surface area contributed by atoms with Crippen LogP contribution in [-0.2, 0) is 0 Å². The largest absolute Gasteiger partial charge is 0.236 e. The van der Waals surface area contributed by atoms with E-state index in [0.29, 0.717) is 0 Å². The van der Waals surface area contributed by atoms with Crippen molar-refractivity contribution in [1.82, 2.24) is 9.97 Å². The SMILES string of the molecule is c1ccc2sc(-c3ccc(-c4ccc5c6ccc(-c7ccc(-c8nc9ccccc9s8)cc7)cc6c6c7ccccc7c7ccccc7c6c5c4)cc3)nc2c1. The van der Waals surface area contributed by atoms with Crippen LogP contribution >= 0.6 is 22.7 Å². The zero-order valence-corrected chi connectivity index (χ0v) is 31.7. The van der Waals surface area contributed by atoms with Crippen molar-refractivity contribution in [3.8, 4) is 43.4 Å². The van der Waals surface area contributed by atoms with Crippen LogP contribution in [0.5, 0.6) is 0 Å². The van der Waals surface area contributed by atoms with Gasteiger partial charge in [-0.3, -0.25) is 0 Å². The summed E-state index contributed by atoms with van der Waals surface area (Å²) in [4.78, 5) is 9.82.